The maximum atomic E-state index is 12.3. The molecule has 3 rings (SSSR count). The minimum absolute atomic E-state index is 0.00580. The molecule has 11 nitrogen and oxygen atoms in total. The van der Waals surface area contributed by atoms with Crippen LogP contribution >= 0.6 is 0 Å². The van der Waals surface area contributed by atoms with Crippen molar-refractivity contribution in [1.82, 2.24) is 25.0 Å². The Hall–Kier alpha value is -3.24. The molecule has 0 saturated carbocycles. The molecule has 1 aliphatic rings. The predicted molar refractivity (Wildman–Crippen MR) is 115 cm³/mol. The third kappa shape index (κ3) is 5.68. The molecule has 168 valence electrons. The second kappa shape index (κ2) is 8.86. The standard InChI is InChI=1S/C20H30N8O3/c1-12-13(9-15(29)31-20(2,3)4)7-6-8-28(12)19-24-18(16(17(21)30)25-26-19)23-14-10-22-27(5)11-14/h10-13H,6-9H2,1-5H3,(H2,21,30)(H,23,24,26)/t12-,13+/m1/s1. The Morgan fingerprint density at radius 1 is 1.32 bits per heavy atom. The van der Waals surface area contributed by atoms with Crippen LogP contribution < -0.4 is 16.0 Å². The van der Waals surface area contributed by atoms with Gasteiger partial charge < -0.3 is 20.7 Å². The highest BCUT2D eigenvalue weighted by Gasteiger charge is 2.33. The summed E-state index contributed by atoms with van der Waals surface area (Å²) in [5, 5.41) is 15.3. The zero-order chi connectivity index (χ0) is 22.8. The van der Waals surface area contributed by atoms with Crippen molar-refractivity contribution in [3.63, 3.8) is 0 Å². The van der Waals surface area contributed by atoms with Crippen LogP contribution in [-0.4, -0.2) is 55.0 Å². The molecule has 0 radical (unpaired) electrons. The zero-order valence-corrected chi connectivity index (χ0v) is 18.6. The highest BCUT2D eigenvalue weighted by atomic mass is 16.6. The Morgan fingerprint density at radius 2 is 2.06 bits per heavy atom. The number of aryl methyl sites for hydroxylation is 1. The van der Waals surface area contributed by atoms with E-state index in [1.807, 2.05) is 32.6 Å². The topological polar surface area (TPSA) is 141 Å². The normalized spacial score (nSPS) is 19.2. The molecule has 31 heavy (non-hydrogen) atoms. The van der Waals surface area contributed by atoms with Gasteiger partial charge in [0.2, 0.25) is 5.95 Å². The van der Waals surface area contributed by atoms with Crippen molar-refractivity contribution >= 4 is 29.3 Å². The number of carbonyl (C=O) groups is 2. The lowest BCUT2D eigenvalue weighted by molar-refractivity contribution is -0.156. The lowest BCUT2D eigenvalue weighted by Crippen LogP contribution is -2.45. The van der Waals surface area contributed by atoms with Gasteiger partial charge in [-0.2, -0.15) is 10.1 Å². The number of hydrogen-bond donors (Lipinski definition) is 2. The quantitative estimate of drug-likeness (QED) is 0.656. The summed E-state index contributed by atoms with van der Waals surface area (Å²) >= 11 is 0. The molecule has 1 amide bonds. The van der Waals surface area contributed by atoms with E-state index < -0.39 is 11.5 Å². The minimum Gasteiger partial charge on any atom is -0.460 e. The summed E-state index contributed by atoms with van der Waals surface area (Å²) in [5.74, 6) is -0.261. The summed E-state index contributed by atoms with van der Waals surface area (Å²) in [6, 6.07) is -0.00580. The van der Waals surface area contributed by atoms with Crippen LogP contribution in [0.25, 0.3) is 0 Å². The SMILES string of the molecule is C[C@@H]1[C@H](CC(=O)OC(C)(C)C)CCCN1c1nnc(C(N)=O)c(Nc2cnn(C)c2)n1. The first kappa shape index (κ1) is 22.4. The Morgan fingerprint density at radius 3 is 2.68 bits per heavy atom. The fraction of sp³-hybridized carbons (Fsp3) is 0.600. The molecule has 0 unspecified atom stereocenters. The van der Waals surface area contributed by atoms with Crippen molar-refractivity contribution in [3.05, 3.63) is 18.1 Å². The first-order valence-corrected chi connectivity index (χ1v) is 10.3. The Labute approximate surface area is 181 Å². The summed E-state index contributed by atoms with van der Waals surface area (Å²) in [6.07, 6.45) is 5.46. The van der Waals surface area contributed by atoms with E-state index in [-0.39, 0.29) is 29.4 Å². The number of carbonyl (C=O) groups excluding carboxylic acids is 2. The summed E-state index contributed by atoms with van der Waals surface area (Å²) in [7, 11) is 1.78. The average Bonchev–Trinajstić information content (AvgIpc) is 3.06. The summed E-state index contributed by atoms with van der Waals surface area (Å²) < 4.78 is 7.11. The van der Waals surface area contributed by atoms with E-state index in [0.29, 0.717) is 18.1 Å². The maximum absolute atomic E-state index is 12.3. The molecule has 2 aromatic heterocycles. The average molecular weight is 431 g/mol. The maximum Gasteiger partial charge on any atom is 0.306 e. The van der Waals surface area contributed by atoms with E-state index in [1.165, 1.54) is 0 Å². The van der Waals surface area contributed by atoms with Gasteiger partial charge in [-0.15, -0.1) is 10.2 Å². The van der Waals surface area contributed by atoms with Crippen LogP contribution in [0.1, 0.15) is 57.4 Å². The third-order valence-corrected chi connectivity index (χ3v) is 5.13. The predicted octanol–water partition coefficient (Wildman–Crippen LogP) is 1.78. The van der Waals surface area contributed by atoms with E-state index >= 15 is 0 Å². The Balaban J connectivity index is 1.81. The van der Waals surface area contributed by atoms with Crippen LogP contribution in [0.5, 0.6) is 0 Å². The fourth-order valence-electron chi connectivity index (χ4n) is 3.69. The Bertz CT molecular complexity index is 952. The number of piperidine rings is 1. The molecule has 1 fully saturated rings. The van der Waals surface area contributed by atoms with Gasteiger partial charge in [-0.25, -0.2) is 0 Å². The second-order valence-electron chi connectivity index (χ2n) is 8.83. The van der Waals surface area contributed by atoms with E-state index in [0.717, 1.165) is 19.4 Å². The van der Waals surface area contributed by atoms with E-state index in [1.54, 1.807) is 24.1 Å². The molecule has 11 heteroatoms. The van der Waals surface area contributed by atoms with E-state index in [2.05, 4.69) is 25.6 Å². The zero-order valence-electron chi connectivity index (χ0n) is 18.6. The van der Waals surface area contributed by atoms with Crippen molar-refractivity contribution in [3.8, 4) is 0 Å². The number of ether oxygens (including phenoxy) is 1. The van der Waals surface area contributed by atoms with Crippen molar-refractivity contribution < 1.29 is 14.3 Å². The van der Waals surface area contributed by atoms with Crippen LogP contribution in [0.2, 0.25) is 0 Å². The molecule has 2 atom stereocenters. The van der Waals surface area contributed by atoms with Crippen molar-refractivity contribution in [1.29, 1.82) is 0 Å². The van der Waals surface area contributed by atoms with Crippen LogP contribution in [0.3, 0.4) is 0 Å². The van der Waals surface area contributed by atoms with Gasteiger partial charge in [-0.1, -0.05) is 0 Å². The number of anilines is 3. The number of esters is 1. The molecular weight excluding hydrogens is 400 g/mol. The molecule has 2 aromatic rings. The number of rotatable bonds is 6. The molecule has 0 bridgehead atoms. The van der Waals surface area contributed by atoms with E-state index in [4.69, 9.17) is 10.5 Å². The lowest BCUT2D eigenvalue weighted by Gasteiger charge is -2.39. The lowest BCUT2D eigenvalue weighted by atomic mass is 9.87. The molecule has 3 N–H and O–H groups in total. The summed E-state index contributed by atoms with van der Waals surface area (Å²) in [6.45, 7) is 8.33. The van der Waals surface area contributed by atoms with Gasteiger partial charge in [0.15, 0.2) is 11.5 Å². The number of nitrogens with zero attached hydrogens (tertiary/aromatic N) is 6. The largest absolute Gasteiger partial charge is 0.460 e. The number of nitrogens with two attached hydrogens (primary N) is 1. The molecule has 3 heterocycles. The first-order chi connectivity index (χ1) is 14.5. The van der Waals surface area contributed by atoms with Gasteiger partial charge in [0, 0.05) is 25.8 Å². The van der Waals surface area contributed by atoms with Crippen LogP contribution in [0.4, 0.5) is 17.5 Å². The number of primary amides is 1. The minimum atomic E-state index is -0.729. The highest BCUT2D eigenvalue weighted by molar-refractivity contribution is 5.96. The fourth-order valence-corrected chi connectivity index (χ4v) is 3.69. The number of amides is 1. The smallest absolute Gasteiger partial charge is 0.306 e. The first-order valence-electron chi connectivity index (χ1n) is 10.3. The number of nitrogens with one attached hydrogen (secondary N) is 1. The number of aromatic nitrogens is 5. The number of hydrogen-bond acceptors (Lipinski definition) is 9. The molecular formula is C20H30N8O3. The second-order valence-corrected chi connectivity index (χ2v) is 8.83. The van der Waals surface area contributed by atoms with Gasteiger partial charge >= 0.3 is 5.97 Å². The molecule has 1 aliphatic heterocycles. The summed E-state index contributed by atoms with van der Waals surface area (Å²) in [5.41, 5.74) is 5.53. The van der Waals surface area contributed by atoms with Crippen molar-refractivity contribution in [2.45, 2.75) is 58.6 Å². The Kier molecular flexibility index (Phi) is 6.42. The van der Waals surface area contributed by atoms with Crippen LogP contribution in [0.15, 0.2) is 12.4 Å². The van der Waals surface area contributed by atoms with Gasteiger partial charge in [0.05, 0.1) is 18.3 Å². The third-order valence-electron chi connectivity index (χ3n) is 5.13. The van der Waals surface area contributed by atoms with Crippen molar-refractivity contribution in [2.24, 2.45) is 18.7 Å². The molecule has 1 saturated heterocycles. The molecule has 0 aromatic carbocycles. The van der Waals surface area contributed by atoms with E-state index in [9.17, 15) is 9.59 Å². The molecule has 0 spiro atoms. The van der Waals surface area contributed by atoms with Gasteiger partial charge in [0.25, 0.3) is 5.91 Å². The van der Waals surface area contributed by atoms with Gasteiger partial charge in [-0.05, 0) is 46.5 Å². The summed E-state index contributed by atoms with van der Waals surface area (Å²) in [4.78, 5) is 30.7. The monoisotopic (exact) mass is 430 g/mol. The van der Waals surface area contributed by atoms with Crippen LogP contribution in [-0.2, 0) is 16.6 Å². The molecule has 0 aliphatic carbocycles. The highest BCUT2D eigenvalue weighted by Crippen LogP contribution is 2.30. The van der Waals surface area contributed by atoms with Crippen molar-refractivity contribution in [2.75, 3.05) is 16.8 Å². The van der Waals surface area contributed by atoms with Gasteiger partial charge in [0.1, 0.15) is 5.60 Å². The van der Waals surface area contributed by atoms with Gasteiger partial charge in [-0.3, -0.25) is 14.3 Å². The van der Waals surface area contributed by atoms with Crippen LogP contribution in [0, 0.1) is 5.92 Å².